The Kier molecular flexibility index (Phi) is 8.11. The number of ketones is 1. The summed E-state index contributed by atoms with van der Waals surface area (Å²) >= 11 is 1.31. The fourth-order valence-electron chi connectivity index (χ4n) is 1.08. The highest BCUT2D eigenvalue weighted by Crippen LogP contribution is 2.19. The zero-order valence-electron chi connectivity index (χ0n) is 10.7. The van der Waals surface area contributed by atoms with Gasteiger partial charge in [-0.3, -0.25) is 14.4 Å². The molecule has 0 saturated carbocycles. The van der Waals surface area contributed by atoms with Gasteiger partial charge >= 0.3 is 5.97 Å². The number of carboxylic acids is 1. The number of carboxylic acid groups (broad SMARTS) is 1. The fraction of sp³-hybridized carbons (Fsp3) is 0.583. The summed E-state index contributed by atoms with van der Waals surface area (Å²) in [5.74, 6) is -0.777. The predicted molar refractivity (Wildman–Crippen MR) is 71.4 cm³/mol. The monoisotopic (exact) mass is 273 g/mol. The van der Waals surface area contributed by atoms with E-state index >= 15 is 0 Å². The Hall–Kier alpha value is -1.30. The number of amides is 1. The van der Waals surface area contributed by atoms with E-state index in [1.54, 1.807) is 6.92 Å². The van der Waals surface area contributed by atoms with Crippen molar-refractivity contribution >= 4 is 29.4 Å². The molecule has 0 heterocycles. The third kappa shape index (κ3) is 7.89. The van der Waals surface area contributed by atoms with Crippen molar-refractivity contribution in [1.29, 1.82) is 0 Å². The zero-order valence-corrected chi connectivity index (χ0v) is 11.5. The molecule has 1 amide bonds. The lowest BCUT2D eigenvalue weighted by atomic mass is 10.2. The molecule has 0 rings (SSSR count). The minimum absolute atomic E-state index is 0.0257. The molecule has 0 aromatic heterocycles. The average Bonchev–Trinajstić information content (AvgIpc) is 2.30. The van der Waals surface area contributed by atoms with Gasteiger partial charge in [-0.2, -0.15) is 0 Å². The molecule has 0 aliphatic rings. The van der Waals surface area contributed by atoms with Gasteiger partial charge in [0.2, 0.25) is 5.91 Å². The maximum Gasteiger partial charge on any atom is 0.303 e. The van der Waals surface area contributed by atoms with E-state index in [-0.39, 0.29) is 18.1 Å². The first-order chi connectivity index (χ1) is 8.36. The van der Waals surface area contributed by atoms with Crippen LogP contribution in [0.5, 0.6) is 0 Å². The number of aliphatic carboxylic acids is 1. The summed E-state index contributed by atoms with van der Waals surface area (Å²) in [7, 11) is 0. The number of allylic oxidation sites excluding steroid dienone is 1. The molecule has 1 atom stereocenters. The van der Waals surface area contributed by atoms with Crippen molar-refractivity contribution in [2.75, 3.05) is 5.75 Å². The molecule has 18 heavy (non-hydrogen) atoms. The highest BCUT2D eigenvalue weighted by molar-refractivity contribution is 8.03. The number of hydrogen-bond donors (Lipinski definition) is 2. The summed E-state index contributed by atoms with van der Waals surface area (Å²) in [6.45, 7) is 6.86. The van der Waals surface area contributed by atoms with E-state index in [1.807, 2.05) is 0 Å². The second-order valence-corrected chi connectivity index (χ2v) is 5.03. The number of Topliss-reactive ketones (excluding diaryl/α,β-unsaturated/α-hetero) is 1. The number of thioether (sulfide) groups is 1. The largest absolute Gasteiger partial charge is 0.481 e. The normalized spacial score (nSPS) is 11.7. The highest BCUT2D eigenvalue weighted by Gasteiger charge is 2.16. The van der Waals surface area contributed by atoms with Crippen molar-refractivity contribution in [3.05, 3.63) is 11.5 Å². The van der Waals surface area contributed by atoms with Crippen LogP contribution in [0.4, 0.5) is 0 Å². The molecule has 6 heteroatoms. The van der Waals surface area contributed by atoms with Crippen molar-refractivity contribution in [3.8, 4) is 0 Å². The van der Waals surface area contributed by atoms with Crippen LogP contribution in [-0.4, -0.2) is 34.6 Å². The van der Waals surface area contributed by atoms with Crippen molar-refractivity contribution in [3.63, 3.8) is 0 Å². The van der Waals surface area contributed by atoms with Gasteiger partial charge in [0.05, 0.1) is 6.04 Å². The molecule has 0 aromatic rings. The lowest BCUT2D eigenvalue weighted by molar-refractivity contribution is -0.137. The quantitative estimate of drug-likeness (QED) is 0.666. The zero-order chi connectivity index (χ0) is 14.1. The van der Waals surface area contributed by atoms with E-state index in [1.165, 1.54) is 18.7 Å². The molecule has 0 saturated heterocycles. The van der Waals surface area contributed by atoms with E-state index in [0.29, 0.717) is 23.5 Å². The number of rotatable bonds is 9. The van der Waals surface area contributed by atoms with Crippen LogP contribution in [0.1, 0.15) is 33.1 Å². The smallest absolute Gasteiger partial charge is 0.303 e. The molecule has 102 valence electrons. The number of nitrogens with one attached hydrogen (secondary N) is 1. The maximum absolute atomic E-state index is 11.3. The Morgan fingerprint density at radius 2 is 1.94 bits per heavy atom. The van der Waals surface area contributed by atoms with Crippen LogP contribution < -0.4 is 5.32 Å². The molecule has 0 bridgehead atoms. The Bertz CT molecular complexity index is 341. The van der Waals surface area contributed by atoms with Gasteiger partial charge in [0, 0.05) is 18.6 Å². The Morgan fingerprint density at radius 1 is 1.33 bits per heavy atom. The SMILES string of the molecule is C=C(CCC(=O)O)SCC(NC(=O)CC)C(C)=O. The van der Waals surface area contributed by atoms with Gasteiger partial charge in [0.15, 0.2) is 5.78 Å². The van der Waals surface area contributed by atoms with Crippen LogP contribution in [0.25, 0.3) is 0 Å². The van der Waals surface area contributed by atoms with Crippen LogP contribution in [-0.2, 0) is 14.4 Å². The third-order valence-corrected chi connectivity index (χ3v) is 3.33. The molecule has 0 aliphatic heterocycles. The van der Waals surface area contributed by atoms with Crippen molar-refractivity contribution in [2.24, 2.45) is 0 Å². The van der Waals surface area contributed by atoms with Crippen LogP contribution in [0.2, 0.25) is 0 Å². The average molecular weight is 273 g/mol. The first kappa shape index (κ1) is 16.7. The van der Waals surface area contributed by atoms with Crippen molar-refractivity contribution in [1.82, 2.24) is 5.32 Å². The fourth-order valence-corrected chi connectivity index (χ4v) is 2.04. The molecule has 0 radical (unpaired) electrons. The Labute approximate surface area is 111 Å². The van der Waals surface area contributed by atoms with Crippen LogP contribution in [0.15, 0.2) is 11.5 Å². The van der Waals surface area contributed by atoms with Gasteiger partial charge in [-0.25, -0.2) is 0 Å². The van der Waals surface area contributed by atoms with Gasteiger partial charge in [0.25, 0.3) is 0 Å². The molecule has 2 N–H and O–H groups in total. The summed E-state index contributed by atoms with van der Waals surface area (Å²) in [6.07, 6.45) is 0.721. The summed E-state index contributed by atoms with van der Waals surface area (Å²) in [5.41, 5.74) is 0. The number of hydrogen-bond acceptors (Lipinski definition) is 4. The minimum atomic E-state index is -0.876. The standard InChI is InChI=1S/C12H19NO4S/c1-4-11(15)13-10(9(3)14)7-18-8(2)5-6-12(16)17/h10H,2,4-7H2,1,3H3,(H,13,15)(H,16,17). The molecule has 0 aromatic carbocycles. The van der Waals surface area contributed by atoms with Gasteiger partial charge < -0.3 is 10.4 Å². The van der Waals surface area contributed by atoms with Crippen LogP contribution in [0.3, 0.4) is 0 Å². The van der Waals surface area contributed by atoms with E-state index in [4.69, 9.17) is 5.11 Å². The molecule has 0 fully saturated rings. The minimum Gasteiger partial charge on any atom is -0.481 e. The molecule has 1 unspecified atom stereocenters. The molecular weight excluding hydrogens is 254 g/mol. The first-order valence-electron chi connectivity index (χ1n) is 5.69. The molecular formula is C12H19NO4S. The highest BCUT2D eigenvalue weighted by atomic mass is 32.2. The molecule has 5 nitrogen and oxygen atoms in total. The lowest BCUT2D eigenvalue weighted by Crippen LogP contribution is -2.41. The molecule has 0 spiro atoms. The first-order valence-corrected chi connectivity index (χ1v) is 6.67. The molecule has 0 aliphatic carbocycles. The van der Waals surface area contributed by atoms with Gasteiger partial charge in [-0.1, -0.05) is 13.5 Å². The Balaban J connectivity index is 4.11. The second kappa shape index (κ2) is 8.74. The predicted octanol–water partition coefficient (Wildman–Crippen LogP) is 1.58. The van der Waals surface area contributed by atoms with Gasteiger partial charge in [-0.15, -0.1) is 11.8 Å². The van der Waals surface area contributed by atoms with Crippen LogP contribution in [0, 0.1) is 0 Å². The summed E-state index contributed by atoms with van der Waals surface area (Å²) in [4.78, 5) is 33.6. The number of carbonyl (C=O) groups is 3. The summed E-state index contributed by atoms with van der Waals surface area (Å²) in [6, 6.07) is -0.538. The second-order valence-electron chi connectivity index (χ2n) is 3.83. The van der Waals surface area contributed by atoms with Crippen molar-refractivity contribution in [2.45, 2.75) is 39.2 Å². The topological polar surface area (TPSA) is 83.5 Å². The maximum atomic E-state index is 11.3. The van der Waals surface area contributed by atoms with E-state index in [0.717, 1.165) is 0 Å². The van der Waals surface area contributed by atoms with Crippen LogP contribution >= 0.6 is 11.8 Å². The number of carbonyl (C=O) groups excluding carboxylic acids is 2. The summed E-state index contributed by atoms with van der Waals surface area (Å²) < 4.78 is 0. The Morgan fingerprint density at radius 3 is 2.39 bits per heavy atom. The van der Waals surface area contributed by atoms with E-state index in [9.17, 15) is 14.4 Å². The van der Waals surface area contributed by atoms with E-state index < -0.39 is 12.0 Å². The van der Waals surface area contributed by atoms with Gasteiger partial charge in [-0.05, 0) is 18.2 Å². The summed E-state index contributed by atoms with van der Waals surface area (Å²) in [5, 5.41) is 11.1. The third-order valence-electron chi connectivity index (χ3n) is 2.22. The lowest BCUT2D eigenvalue weighted by Gasteiger charge is -2.15. The van der Waals surface area contributed by atoms with Crippen molar-refractivity contribution < 1.29 is 19.5 Å². The van der Waals surface area contributed by atoms with Gasteiger partial charge in [0.1, 0.15) is 0 Å². The van der Waals surface area contributed by atoms with E-state index in [2.05, 4.69) is 11.9 Å².